The van der Waals surface area contributed by atoms with Gasteiger partial charge in [-0.25, -0.2) is 0 Å². The Kier molecular flexibility index (Phi) is 4.59. The van der Waals surface area contributed by atoms with E-state index in [-0.39, 0.29) is 16.7 Å². The fraction of sp³-hybridized carbons (Fsp3) is 0.200. The van der Waals surface area contributed by atoms with Crippen LogP contribution in [0.15, 0.2) is 42.5 Å². The number of nitro benzene ring substituents is 1. The summed E-state index contributed by atoms with van der Waals surface area (Å²) < 4.78 is 1.21. The predicted molar refractivity (Wildman–Crippen MR) is 89.0 cm³/mol. The van der Waals surface area contributed by atoms with Gasteiger partial charge in [-0.2, -0.15) is 0 Å². The highest BCUT2D eigenvalue weighted by Crippen LogP contribution is 2.23. The Bertz CT molecular complexity index is 626. The van der Waals surface area contributed by atoms with Crippen molar-refractivity contribution in [2.75, 3.05) is 5.32 Å². The normalized spacial score (nSPS) is 11.9. The molecule has 5 heteroatoms. The second kappa shape index (κ2) is 6.21. The lowest BCUT2D eigenvalue weighted by atomic mass is 10.1. The molecule has 20 heavy (non-hydrogen) atoms. The van der Waals surface area contributed by atoms with E-state index in [1.807, 2.05) is 13.0 Å². The van der Waals surface area contributed by atoms with E-state index in [1.165, 1.54) is 21.3 Å². The van der Waals surface area contributed by atoms with Crippen molar-refractivity contribution in [2.24, 2.45) is 0 Å². The third kappa shape index (κ3) is 3.47. The first-order chi connectivity index (χ1) is 9.47. The average Bonchev–Trinajstić information content (AvgIpc) is 2.43. The lowest BCUT2D eigenvalue weighted by Gasteiger charge is -2.16. The number of benzene rings is 2. The number of halogens is 1. The van der Waals surface area contributed by atoms with Gasteiger partial charge < -0.3 is 5.32 Å². The van der Waals surface area contributed by atoms with Crippen LogP contribution in [-0.4, -0.2) is 4.92 Å². The second-order valence-corrected chi connectivity index (χ2v) is 5.84. The van der Waals surface area contributed by atoms with Gasteiger partial charge in [0.25, 0.3) is 5.69 Å². The van der Waals surface area contributed by atoms with Crippen molar-refractivity contribution in [1.82, 2.24) is 0 Å². The first-order valence-corrected chi connectivity index (χ1v) is 7.32. The molecule has 4 nitrogen and oxygen atoms in total. The highest BCUT2D eigenvalue weighted by atomic mass is 127. The maximum Gasteiger partial charge on any atom is 0.269 e. The fourth-order valence-corrected chi connectivity index (χ4v) is 2.42. The monoisotopic (exact) mass is 382 g/mol. The largest absolute Gasteiger partial charge is 0.378 e. The van der Waals surface area contributed by atoms with Crippen LogP contribution in [0.25, 0.3) is 0 Å². The number of nitrogens with zero attached hydrogens (tertiary/aromatic N) is 1. The first-order valence-electron chi connectivity index (χ1n) is 6.24. The Labute approximate surface area is 131 Å². The number of hydrogen-bond donors (Lipinski definition) is 1. The zero-order valence-corrected chi connectivity index (χ0v) is 13.4. The number of non-ortho nitro benzene ring substituents is 1. The Morgan fingerprint density at radius 3 is 2.40 bits per heavy atom. The molecule has 1 atom stereocenters. The highest BCUT2D eigenvalue weighted by Gasteiger charge is 2.09. The van der Waals surface area contributed by atoms with E-state index in [9.17, 15) is 10.1 Å². The van der Waals surface area contributed by atoms with Crippen LogP contribution in [0.4, 0.5) is 11.4 Å². The molecule has 2 aromatic carbocycles. The van der Waals surface area contributed by atoms with Gasteiger partial charge in [-0.15, -0.1) is 0 Å². The molecular formula is C15H15IN2O2. The van der Waals surface area contributed by atoms with Crippen molar-refractivity contribution in [3.63, 3.8) is 0 Å². The van der Waals surface area contributed by atoms with E-state index in [1.54, 1.807) is 12.1 Å². The van der Waals surface area contributed by atoms with E-state index in [0.717, 1.165) is 11.3 Å². The molecule has 2 aromatic rings. The van der Waals surface area contributed by atoms with Crippen molar-refractivity contribution in [3.8, 4) is 0 Å². The summed E-state index contributed by atoms with van der Waals surface area (Å²) in [4.78, 5) is 10.2. The van der Waals surface area contributed by atoms with Crippen LogP contribution >= 0.6 is 22.6 Å². The lowest BCUT2D eigenvalue weighted by Crippen LogP contribution is -2.06. The summed E-state index contributed by atoms with van der Waals surface area (Å²) in [6.07, 6.45) is 0. The SMILES string of the molecule is Cc1ccc(NC(C)c2ccc([N+](=O)[O-])cc2)cc1I. The van der Waals surface area contributed by atoms with Gasteiger partial charge in [-0.05, 0) is 59.7 Å². The molecule has 0 spiro atoms. The van der Waals surface area contributed by atoms with Crippen molar-refractivity contribution in [3.05, 3.63) is 67.3 Å². The quantitative estimate of drug-likeness (QED) is 0.475. The molecule has 0 aliphatic carbocycles. The number of rotatable bonds is 4. The third-order valence-electron chi connectivity index (χ3n) is 3.16. The summed E-state index contributed by atoms with van der Waals surface area (Å²) in [5.41, 5.74) is 3.43. The predicted octanol–water partition coefficient (Wildman–Crippen LogP) is 4.68. The van der Waals surface area contributed by atoms with Crippen molar-refractivity contribution < 1.29 is 4.92 Å². The summed E-state index contributed by atoms with van der Waals surface area (Å²) in [5, 5.41) is 14.0. The van der Waals surface area contributed by atoms with Crippen LogP contribution in [0.1, 0.15) is 24.1 Å². The molecule has 1 N–H and O–H groups in total. The molecule has 0 radical (unpaired) electrons. The Balaban J connectivity index is 2.12. The molecule has 0 aliphatic rings. The molecule has 1 unspecified atom stereocenters. The summed E-state index contributed by atoms with van der Waals surface area (Å²) in [5.74, 6) is 0. The zero-order chi connectivity index (χ0) is 14.7. The van der Waals surface area contributed by atoms with Gasteiger partial charge in [0.05, 0.1) is 4.92 Å². The maximum absolute atomic E-state index is 10.6. The minimum atomic E-state index is -0.385. The van der Waals surface area contributed by atoms with Crippen molar-refractivity contribution in [2.45, 2.75) is 19.9 Å². The minimum Gasteiger partial charge on any atom is -0.378 e. The fourth-order valence-electron chi connectivity index (χ4n) is 1.90. The summed E-state index contributed by atoms with van der Waals surface area (Å²) in [7, 11) is 0. The third-order valence-corrected chi connectivity index (χ3v) is 4.32. The van der Waals surface area contributed by atoms with Crippen LogP contribution in [0.5, 0.6) is 0 Å². The van der Waals surface area contributed by atoms with Gasteiger partial charge in [0.2, 0.25) is 0 Å². The van der Waals surface area contributed by atoms with Gasteiger partial charge in [0, 0.05) is 27.4 Å². The van der Waals surface area contributed by atoms with E-state index in [4.69, 9.17) is 0 Å². The van der Waals surface area contributed by atoms with Gasteiger partial charge in [0.15, 0.2) is 0 Å². The van der Waals surface area contributed by atoms with Crippen LogP contribution in [-0.2, 0) is 0 Å². The molecule has 0 heterocycles. The van der Waals surface area contributed by atoms with Crippen molar-refractivity contribution in [1.29, 1.82) is 0 Å². The molecule has 0 amide bonds. The Hall–Kier alpha value is -1.63. The summed E-state index contributed by atoms with van der Waals surface area (Å²) >= 11 is 2.31. The van der Waals surface area contributed by atoms with E-state index in [0.29, 0.717) is 0 Å². The lowest BCUT2D eigenvalue weighted by molar-refractivity contribution is -0.384. The van der Waals surface area contributed by atoms with Gasteiger partial charge >= 0.3 is 0 Å². The number of nitrogens with one attached hydrogen (secondary N) is 1. The number of nitro groups is 1. The average molecular weight is 382 g/mol. The maximum atomic E-state index is 10.6. The van der Waals surface area contributed by atoms with E-state index in [2.05, 4.69) is 47.0 Å². The van der Waals surface area contributed by atoms with Crippen LogP contribution in [0.2, 0.25) is 0 Å². The van der Waals surface area contributed by atoms with Crippen LogP contribution < -0.4 is 5.32 Å². The Morgan fingerprint density at radius 2 is 1.85 bits per heavy atom. The minimum absolute atomic E-state index is 0.0920. The molecule has 0 aliphatic heterocycles. The van der Waals surface area contributed by atoms with Gasteiger partial charge in [-0.1, -0.05) is 18.2 Å². The number of aryl methyl sites for hydroxylation is 1. The molecule has 0 saturated carbocycles. The topological polar surface area (TPSA) is 55.2 Å². The van der Waals surface area contributed by atoms with E-state index >= 15 is 0 Å². The number of hydrogen-bond acceptors (Lipinski definition) is 3. The van der Waals surface area contributed by atoms with Crippen LogP contribution in [0, 0.1) is 20.6 Å². The van der Waals surface area contributed by atoms with Crippen molar-refractivity contribution >= 4 is 34.0 Å². The number of anilines is 1. The highest BCUT2D eigenvalue weighted by molar-refractivity contribution is 14.1. The molecule has 0 bridgehead atoms. The zero-order valence-electron chi connectivity index (χ0n) is 11.3. The van der Waals surface area contributed by atoms with Gasteiger partial charge in [0.1, 0.15) is 0 Å². The summed E-state index contributed by atoms with van der Waals surface area (Å²) in [6.45, 7) is 4.11. The standard InChI is InChI=1S/C15H15IN2O2/c1-10-3-6-13(9-15(10)16)17-11(2)12-4-7-14(8-5-12)18(19)20/h3-9,11,17H,1-2H3. The Morgan fingerprint density at radius 1 is 1.20 bits per heavy atom. The van der Waals surface area contributed by atoms with E-state index < -0.39 is 0 Å². The van der Waals surface area contributed by atoms with Gasteiger partial charge in [-0.3, -0.25) is 10.1 Å². The summed E-state index contributed by atoms with van der Waals surface area (Å²) in [6, 6.07) is 12.9. The second-order valence-electron chi connectivity index (χ2n) is 4.68. The van der Waals surface area contributed by atoms with Crippen LogP contribution in [0.3, 0.4) is 0 Å². The molecule has 2 rings (SSSR count). The first kappa shape index (κ1) is 14.8. The molecule has 0 saturated heterocycles. The molecule has 0 fully saturated rings. The smallest absolute Gasteiger partial charge is 0.269 e. The molecule has 0 aromatic heterocycles. The molecular weight excluding hydrogens is 367 g/mol. The molecule has 104 valence electrons.